The van der Waals surface area contributed by atoms with Crippen LogP contribution >= 0.6 is 27.7 Å². The molecule has 0 fully saturated rings. The molecule has 0 spiro atoms. The smallest absolute Gasteiger partial charge is 0.306 e. The zero-order valence-electron chi connectivity index (χ0n) is 8.40. The van der Waals surface area contributed by atoms with E-state index in [2.05, 4.69) is 25.7 Å². The standard InChI is InChI=1S/C10H12BrNO2S/c1-14-10(13)2-3-15-7-8-4-9(11)6-12-5-8/h4-6H,2-3,7H2,1H3. The van der Waals surface area contributed by atoms with E-state index in [0.717, 1.165) is 21.5 Å². The Morgan fingerprint density at radius 3 is 3.07 bits per heavy atom. The summed E-state index contributed by atoms with van der Waals surface area (Å²) in [7, 11) is 1.41. The predicted molar refractivity (Wildman–Crippen MR) is 64.7 cm³/mol. The molecule has 0 amide bonds. The quantitative estimate of drug-likeness (QED) is 0.617. The number of methoxy groups -OCH3 is 1. The molecule has 0 aliphatic rings. The van der Waals surface area contributed by atoms with E-state index in [4.69, 9.17) is 0 Å². The zero-order chi connectivity index (χ0) is 11.1. The van der Waals surface area contributed by atoms with Gasteiger partial charge in [-0.1, -0.05) is 0 Å². The van der Waals surface area contributed by atoms with E-state index in [1.54, 1.807) is 18.0 Å². The molecule has 0 bridgehead atoms. The van der Waals surface area contributed by atoms with E-state index < -0.39 is 0 Å². The number of rotatable bonds is 5. The van der Waals surface area contributed by atoms with Gasteiger partial charge in [-0.05, 0) is 27.6 Å². The van der Waals surface area contributed by atoms with Crippen molar-refractivity contribution in [2.75, 3.05) is 12.9 Å². The molecule has 0 N–H and O–H groups in total. The van der Waals surface area contributed by atoms with Crippen molar-refractivity contribution in [1.29, 1.82) is 0 Å². The average Bonchev–Trinajstić information content (AvgIpc) is 2.24. The van der Waals surface area contributed by atoms with Crippen molar-refractivity contribution in [3.05, 3.63) is 28.5 Å². The third-order valence-electron chi connectivity index (χ3n) is 1.71. The van der Waals surface area contributed by atoms with Crippen LogP contribution in [0.5, 0.6) is 0 Å². The van der Waals surface area contributed by atoms with Gasteiger partial charge in [-0.15, -0.1) is 0 Å². The first-order valence-electron chi connectivity index (χ1n) is 4.46. The van der Waals surface area contributed by atoms with Crippen LogP contribution in [0.15, 0.2) is 22.9 Å². The number of esters is 1. The molecule has 0 saturated heterocycles. The predicted octanol–water partition coefficient (Wildman–Crippen LogP) is 2.64. The van der Waals surface area contributed by atoms with E-state index in [1.807, 2.05) is 12.3 Å². The maximum absolute atomic E-state index is 10.8. The van der Waals surface area contributed by atoms with Crippen LogP contribution in [-0.2, 0) is 15.3 Å². The van der Waals surface area contributed by atoms with Gasteiger partial charge in [0.2, 0.25) is 0 Å². The molecule has 5 heteroatoms. The normalized spacial score (nSPS) is 10.0. The molecule has 1 aromatic heterocycles. The summed E-state index contributed by atoms with van der Waals surface area (Å²) in [5.41, 5.74) is 1.15. The van der Waals surface area contributed by atoms with Crippen LogP contribution in [0.25, 0.3) is 0 Å². The molecule has 82 valence electrons. The maximum Gasteiger partial charge on any atom is 0.306 e. The first-order valence-corrected chi connectivity index (χ1v) is 6.41. The Morgan fingerprint density at radius 1 is 1.60 bits per heavy atom. The van der Waals surface area contributed by atoms with Gasteiger partial charge >= 0.3 is 5.97 Å². The molecule has 0 aliphatic heterocycles. The Balaban J connectivity index is 2.23. The fraction of sp³-hybridized carbons (Fsp3) is 0.400. The van der Waals surface area contributed by atoms with Crippen LogP contribution in [0.4, 0.5) is 0 Å². The van der Waals surface area contributed by atoms with Gasteiger partial charge in [-0.3, -0.25) is 9.78 Å². The summed E-state index contributed by atoms with van der Waals surface area (Å²) < 4.78 is 5.53. The van der Waals surface area contributed by atoms with E-state index in [9.17, 15) is 4.79 Å². The molecule has 0 radical (unpaired) electrons. The van der Waals surface area contributed by atoms with E-state index in [1.165, 1.54) is 7.11 Å². The van der Waals surface area contributed by atoms with Crippen LogP contribution < -0.4 is 0 Å². The highest BCUT2D eigenvalue weighted by atomic mass is 79.9. The highest BCUT2D eigenvalue weighted by Gasteiger charge is 2.00. The SMILES string of the molecule is COC(=O)CCSCc1cncc(Br)c1. The Hall–Kier alpha value is -0.550. The molecular weight excluding hydrogens is 278 g/mol. The third-order valence-corrected chi connectivity index (χ3v) is 3.17. The van der Waals surface area contributed by atoms with E-state index >= 15 is 0 Å². The molecule has 3 nitrogen and oxygen atoms in total. The van der Waals surface area contributed by atoms with Crippen LogP contribution in [0.2, 0.25) is 0 Å². The summed E-state index contributed by atoms with van der Waals surface area (Å²) in [6.07, 6.45) is 4.04. The van der Waals surface area contributed by atoms with Crippen LogP contribution in [0, 0.1) is 0 Å². The molecule has 0 aromatic carbocycles. The van der Waals surface area contributed by atoms with Gasteiger partial charge in [0.25, 0.3) is 0 Å². The molecule has 15 heavy (non-hydrogen) atoms. The lowest BCUT2D eigenvalue weighted by atomic mass is 10.3. The minimum atomic E-state index is -0.158. The largest absolute Gasteiger partial charge is 0.469 e. The van der Waals surface area contributed by atoms with Crippen molar-refractivity contribution in [2.45, 2.75) is 12.2 Å². The lowest BCUT2D eigenvalue weighted by Crippen LogP contribution is -2.01. The summed E-state index contributed by atoms with van der Waals surface area (Å²) in [5, 5.41) is 0. The molecule has 1 rings (SSSR count). The lowest BCUT2D eigenvalue weighted by Gasteiger charge is -2.01. The Labute approximate surface area is 102 Å². The molecule has 0 unspecified atom stereocenters. The highest BCUT2D eigenvalue weighted by Crippen LogP contribution is 2.16. The number of hydrogen-bond donors (Lipinski definition) is 0. The number of nitrogens with zero attached hydrogens (tertiary/aromatic N) is 1. The van der Waals surface area contributed by atoms with Crippen molar-refractivity contribution < 1.29 is 9.53 Å². The Morgan fingerprint density at radius 2 is 2.40 bits per heavy atom. The van der Waals surface area contributed by atoms with Crippen LogP contribution in [0.3, 0.4) is 0 Å². The molecule has 1 aromatic rings. The van der Waals surface area contributed by atoms with Crippen molar-refractivity contribution in [2.24, 2.45) is 0 Å². The van der Waals surface area contributed by atoms with Crippen molar-refractivity contribution in [3.63, 3.8) is 0 Å². The number of pyridine rings is 1. The molecule has 0 atom stereocenters. The monoisotopic (exact) mass is 289 g/mol. The number of carbonyl (C=O) groups is 1. The number of halogens is 1. The average molecular weight is 290 g/mol. The number of ether oxygens (including phenoxy) is 1. The maximum atomic E-state index is 10.8. The van der Waals surface area contributed by atoms with E-state index in [-0.39, 0.29) is 5.97 Å². The second kappa shape index (κ2) is 6.85. The molecular formula is C10H12BrNO2S. The topological polar surface area (TPSA) is 39.2 Å². The van der Waals surface area contributed by atoms with Crippen molar-refractivity contribution in [1.82, 2.24) is 4.98 Å². The summed E-state index contributed by atoms with van der Waals surface area (Å²) in [6, 6.07) is 2.03. The molecule has 1 heterocycles. The van der Waals surface area contributed by atoms with Gasteiger partial charge in [0.05, 0.1) is 13.5 Å². The van der Waals surface area contributed by atoms with E-state index in [0.29, 0.717) is 6.42 Å². The summed E-state index contributed by atoms with van der Waals surface area (Å²) in [4.78, 5) is 14.9. The summed E-state index contributed by atoms with van der Waals surface area (Å²) in [5.74, 6) is 1.48. The van der Waals surface area contributed by atoms with Crippen molar-refractivity contribution in [3.8, 4) is 0 Å². The minimum Gasteiger partial charge on any atom is -0.469 e. The number of hydrogen-bond acceptors (Lipinski definition) is 4. The summed E-state index contributed by atoms with van der Waals surface area (Å²) >= 11 is 5.06. The number of aromatic nitrogens is 1. The van der Waals surface area contributed by atoms with Crippen LogP contribution in [0.1, 0.15) is 12.0 Å². The summed E-state index contributed by atoms with van der Waals surface area (Å²) in [6.45, 7) is 0. The third kappa shape index (κ3) is 5.18. The fourth-order valence-corrected chi connectivity index (χ4v) is 2.24. The van der Waals surface area contributed by atoms with Gasteiger partial charge in [-0.2, -0.15) is 11.8 Å². The Kier molecular flexibility index (Phi) is 5.71. The van der Waals surface area contributed by atoms with Crippen LogP contribution in [-0.4, -0.2) is 23.8 Å². The zero-order valence-corrected chi connectivity index (χ0v) is 10.8. The van der Waals surface area contributed by atoms with Gasteiger partial charge in [0.15, 0.2) is 0 Å². The molecule has 0 saturated carbocycles. The van der Waals surface area contributed by atoms with Gasteiger partial charge in [0.1, 0.15) is 0 Å². The van der Waals surface area contributed by atoms with Gasteiger partial charge < -0.3 is 4.74 Å². The minimum absolute atomic E-state index is 0.158. The second-order valence-corrected chi connectivity index (χ2v) is 4.91. The fourth-order valence-electron chi connectivity index (χ4n) is 0.982. The van der Waals surface area contributed by atoms with Crippen molar-refractivity contribution >= 4 is 33.7 Å². The number of thioether (sulfide) groups is 1. The Bertz CT molecular complexity index is 333. The van der Waals surface area contributed by atoms with Gasteiger partial charge in [0, 0.05) is 28.4 Å². The first-order chi connectivity index (χ1) is 7.22. The first kappa shape index (κ1) is 12.5. The second-order valence-electron chi connectivity index (χ2n) is 2.89. The van der Waals surface area contributed by atoms with Gasteiger partial charge in [-0.25, -0.2) is 0 Å². The highest BCUT2D eigenvalue weighted by molar-refractivity contribution is 9.10. The lowest BCUT2D eigenvalue weighted by molar-refractivity contribution is -0.140. The molecule has 0 aliphatic carbocycles. The number of carbonyl (C=O) groups excluding carboxylic acids is 1.